The molecule has 0 aliphatic rings. The van der Waals surface area contributed by atoms with Gasteiger partial charge in [-0.15, -0.1) is 11.3 Å². The Hall–Kier alpha value is -1.85. The number of thiazole rings is 1. The van der Waals surface area contributed by atoms with Crippen LogP contribution in [0.15, 0.2) is 60.0 Å². The maximum atomic E-state index is 12.9. The highest BCUT2D eigenvalue weighted by Gasteiger charge is 2.08. The topological polar surface area (TPSA) is 30.0 Å². The summed E-state index contributed by atoms with van der Waals surface area (Å²) in [5.74, 6) is 0.582. The number of hydrogen-bond donors (Lipinski definition) is 0. The Bertz CT molecular complexity index is 784. The third-order valence-corrected chi connectivity index (χ3v) is 5.52. The molecule has 1 atom stereocenters. The fourth-order valence-corrected chi connectivity index (χ4v) is 4.33. The van der Waals surface area contributed by atoms with Crippen LogP contribution in [-0.2, 0) is 28.7 Å². The molecule has 0 unspecified atom stereocenters. The van der Waals surface area contributed by atoms with Crippen molar-refractivity contribution >= 4 is 22.1 Å². The molecule has 0 saturated carbocycles. The second kappa shape index (κ2) is 7.62. The number of aromatic nitrogens is 1. The fourth-order valence-electron chi connectivity index (χ4n) is 2.25. The standard InChI is InChI=1S/C18H16FNOS2/c19-16-8-6-15(7-9-16)12-23(21)13-17-11-22-18(20-17)10-14-4-2-1-3-5-14/h1-9,11H,10,12-13H2/t23-/m0/s1. The third-order valence-electron chi connectivity index (χ3n) is 3.35. The molecule has 0 radical (unpaired) electrons. The molecule has 3 rings (SSSR count). The predicted molar refractivity (Wildman–Crippen MR) is 93.3 cm³/mol. The van der Waals surface area contributed by atoms with E-state index in [1.807, 2.05) is 23.6 Å². The molecule has 0 spiro atoms. The van der Waals surface area contributed by atoms with Gasteiger partial charge in [0.15, 0.2) is 0 Å². The minimum atomic E-state index is -1.04. The second-order valence-electron chi connectivity index (χ2n) is 5.25. The van der Waals surface area contributed by atoms with Crippen molar-refractivity contribution in [1.82, 2.24) is 4.98 Å². The first kappa shape index (κ1) is 16.0. The first-order valence-electron chi connectivity index (χ1n) is 7.25. The minimum absolute atomic E-state index is 0.274. The van der Waals surface area contributed by atoms with Crippen molar-refractivity contribution in [1.29, 1.82) is 0 Å². The van der Waals surface area contributed by atoms with E-state index in [0.717, 1.165) is 22.7 Å². The van der Waals surface area contributed by atoms with E-state index in [2.05, 4.69) is 17.1 Å². The normalized spacial score (nSPS) is 12.2. The largest absolute Gasteiger partial charge is 0.259 e. The van der Waals surface area contributed by atoms with Crippen molar-refractivity contribution in [3.05, 3.63) is 87.6 Å². The lowest BCUT2D eigenvalue weighted by molar-refractivity contribution is 0.627. The monoisotopic (exact) mass is 345 g/mol. The van der Waals surface area contributed by atoms with Crippen LogP contribution < -0.4 is 0 Å². The summed E-state index contributed by atoms with van der Waals surface area (Å²) < 4.78 is 25.1. The van der Waals surface area contributed by atoms with Gasteiger partial charge in [-0.25, -0.2) is 9.37 Å². The molecule has 2 nitrogen and oxygen atoms in total. The maximum Gasteiger partial charge on any atom is 0.123 e. The van der Waals surface area contributed by atoms with Gasteiger partial charge in [0.2, 0.25) is 0 Å². The summed E-state index contributed by atoms with van der Waals surface area (Å²) in [7, 11) is -1.04. The first-order valence-corrected chi connectivity index (χ1v) is 9.62. The van der Waals surface area contributed by atoms with E-state index in [-0.39, 0.29) is 5.82 Å². The summed E-state index contributed by atoms with van der Waals surface area (Å²) in [4.78, 5) is 4.57. The van der Waals surface area contributed by atoms with Crippen molar-refractivity contribution in [3.8, 4) is 0 Å². The predicted octanol–water partition coefficient (Wildman–Crippen LogP) is 4.32. The molecule has 0 aliphatic heterocycles. The average molecular weight is 345 g/mol. The van der Waals surface area contributed by atoms with Crippen LogP contribution in [0.3, 0.4) is 0 Å². The van der Waals surface area contributed by atoms with E-state index in [0.29, 0.717) is 11.5 Å². The smallest absolute Gasteiger partial charge is 0.123 e. The maximum absolute atomic E-state index is 12.9. The Balaban J connectivity index is 1.58. The van der Waals surface area contributed by atoms with Gasteiger partial charge < -0.3 is 0 Å². The molecule has 3 aromatic rings. The van der Waals surface area contributed by atoms with Gasteiger partial charge in [-0.2, -0.15) is 0 Å². The number of hydrogen-bond acceptors (Lipinski definition) is 3. The van der Waals surface area contributed by atoms with Gasteiger partial charge in [-0.05, 0) is 23.3 Å². The highest BCUT2D eigenvalue weighted by atomic mass is 32.2. The number of nitrogens with zero attached hydrogens (tertiary/aromatic N) is 1. The van der Waals surface area contributed by atoms with Gasteiger partial charge >= 0.3 is 0 Å². The van der Waals surface area contributed by atoms with Crippen LogP contribution in [0.4, 0.5) is 4.39 Å². The van der Waals surface area contributed by atoms with Crippen LogP contribution in [-0.4, -0.2) is 9.19 Å². The molecular weight excluding hydrogens is 329 g/mol. The van der Waals surface area contributed by atoms with Crippen LogP contribution in [0.5, 0.6) is 0 Å². The highest BCUT2D eigenvalue weighted by molar-refractivity contribution is 7.83. The van der Waals surface area contributed by atoms with Crippen LogP contribution in [0.1, 0.15) is 21.8 Å². The fraction of sp³-hybridized carbons (Fsp3) is 0.167. The zero-order valence-corrected chi connectivity index (χ0v) is 14.1. The van der Waals surface area contributed by atoms with Gasteiger partial charge in [-0.3, -0.25) is 4.21 Å². The second-order valence-corrected chi connectivity index (χ2v) is 7.65. The highest BCUT2D eigenvalue weighted by Crippen LogP contribution is 2.17. The van der Waals surface area contributed by atoms with Gasteiger partial charge in [0.25, 0.3) is 0 Å². The van der Waals surface area contributed by atoms with Crippen LogP contribution >= 0.6 is 11.3 Å². The lowest BCUT2D eigenvalue weighted by Crippen LogP contribution is -2.00. The van der Waals surface area contributed by atoms with Crippen molar-refractivity contribution in [2.75, 3.05) is 0 Å². The lowest BCUT2D eigenvalue weighted by Gasteiger charge is -2.01. The van der Waals surface area contributed by atoms with Gasteiger partial charge in [0, 0.05) is 28.4 Å². The number of halogens is 1. The molecule has 0 saturated heterocycles. The number of benzene rings is 2. The van der Waals surface area contributed by atoms with Gasteiger partial charge in [0.1, 0.15) is 5.82 Å². The zero-order chi connectivity index (χ0) is 16.1. The molecular formula is C18H16FNOS2. The Morgan fingerprint density at radius 3 is 2.43 bits per heavy atom. The van der Waals surface area contributed by atoms with Gasteiger partial charge in [0.05, 0.1) is 16.5 Å². The summed E-state index contributed by atoms with van der Waals surface area (Å²) >= 11 is 1.60. The molecule has 0 bridgehead atoms. The lowest BCUT2D eigenvalue weighted by atomic mass is 10.2. The van der Waals surface area contributed by atoms with Crippen molar-refractivity contribution < 1.29 is 8.60 Å². The molecule has 1 heterocycles. The van der Waals surface area contributed by atoms with E-state index in [4.69, 9.17) is 0 Å². The molecule has 2 aromatic carbocycles. The first-order chi connectivity index (χ1) is 11.2. The van der Waals surface area contributed by atoms with E-state index < -0.39 is 10.8 Å². The quantitative estimate of drug-likeness (QED) is 0.666. The molecule has 0 amide bonds. The summed E-state index contributed by atoms with van der Waals surface area (Å²) in [6, 6.07) is 16.3. The SMILES string of the molecule is O=[S@@](Cc1ccc(F)cc1)Cc1csc(Cc2ccccc2)n1. The Morgan fingerprint density at radius 2 is 1.70 bits per heavy atom. The van der Waals surface area contributed by atoms with Crippen molar-refractivity contribution in [2.24, 2.45) is 0 Å². The van der Waals surface area contributed by atoms with Crippen LogP contribution in [0.25, 0.3) is 0 Å². The Morgan fingerprint density at radius 1 is 0.957 bits per heavy atom. The molecule has 0 fully saturated rings. The van der Waals surface area contributed by atoms with Crippen LogP contribution in [0.2, 0.25) is 0 Å². The zero-order valence-electron chi connectivity index (χ0n) is 12.4. The Kier molecular flexibility index (Phi) is 5.31. The van der Waals surface area contributed by atoms with Crippen LogP contribution in [0, 0.1) is 5.82 Å². The Labute approximate surface area is 141 Å². The minimum Gasteiger partial charge on any atom is -0.259 e. The van der Waals surface area contributed by atoms with E-state index in [9.17, 15) is 8.60 Å². The summed E-state index contributed by atoms with van der Waals surface area (Å²) in [6.07, 6.45) is 0.802. The van der Waals surface area contributed by atoms with Crippen molar-refractivity contribution in [3.63, 3.8) is 0 Å². The van der Waals surface area contributed by atoms with E-state index in [1.54, 1.807) is 23.5 Å². The molecule has 118 valence electrons. The molecule has 0 aliphatic carbocycles. The van der Waals surface area contributed by atoms with Crippen molar-refractivity contribution in [2.45, 2.75) is 17.9 Å². The van der Waals surface area contributed by atoms with E-state index >= 15 is 0 Å². The molecule has 0 N–H and O–H groups in total. The number of rotatable bonds is 6. The third kappa shape index (κ3) is 4.81. The van der Waals surface area contributed by atoms with Gasteiger partial charge in [-0.1, -0.05) is 42.5 Å². The summed E-state index contributed by atoms with van der Waals surface area (Å²) in [6.45, 7) is 0. The average Bonchev–Trinajstić information content (AvgIpc) is 2.97. The molecule has 23 heavy (non-hydrogen) atoms. The summed E-state index contributed by atoms with van der Waals surface area (Å²) in [5.41, 5.74) is 2.96. The molecule has 5 heteroatoms. The summed E-state index contributed by atoms with van der Waals surface area (Å²) in [5, 5.41) is 3.01. The van der Waals surface area contributed by atoms with E-state index in [1.165, 1.54) is 17.7 Å². The molecule has 1 aromatic heterocycles.